The summed E-state index contributed by atoms with van der Waals surface area (Å²) < 4.78 is 0. The minimum atomic E-state index is -2.25. The molecule has 1 fully saturated rings. The molecule has 76 valence electrons. The third-order valence-electron chi connectivity index (χ3n) is 2.18. The van der Waals surface area contributed by atoms with E-state index in [0.717, 1.165) is 18.7 Å². The summed E-state index contributed by atoms with van der Waals surface area (Å²) in [5.74, 6) is -0.656. The Morgan fingerprint density at radius 2 is 2.00 bits per heavy atom. The van der Waals surface area contributed by atoms with E-state index in [-0.39, 0.29) is 5.75 Å². The molecule has 1 heterocycles. The summed E-state index contributed by atoms with van der Waals surface area (Å²) in [6, 6.07) is 0. The molecule has 0 spiro atoms. The van der Waals surface area contributed by atoms with Crippen molar-refractivity contribution >= 4 is 17.5 Å². The average molecular weight is 208 g/mol. The molecule has 5 nitrogen and oxygen atoms in total. The van der Waals surface area contributed by atoms with E-state index in [4.69, 9.17) is 0 Å². The summed E-state index contributed by atoms with van der Waals surface area (Å²) in [4.78, 5) is 11.0. The lowest BCUT2D eigenvalue weighted by atomic mass is 9.89. The molecular weight excluding hydrogens is 196 g/mol. The molecule has 1 aliphatic rings. The molecule has 0 aliphatic carbocycles. The highest BCUT2D eigenvalue weighted by Gasteiger charge is 2.53. The first-order valence-corrected chi connectivity index (χ1v) is 4.84. The van der Waals surface area contributed by atoms with Gasteiger partial charge < -0.3 is 20.4 Å². The molecule has 4 atom stereocenters. The normalized spacial score (nSPS) is 46.1. The van der Waals surface area contributed by atoms with Crippen LogP contribution in [0.4, 0.5) is 0 Å². The van der Waals surface area contributed by atoms with Crippen molar-refractivity contribution in [2.24, 2.45) is 0 Å². The molecule has 0 aromatic rings. The van der Waals surface area contributed by atoms with Gasteiger partial charge in [0.15, 0.2) is 11.4 Å². The number of rotatable bonds is 1. The maximum absolute atomic E-state index is 11.0. The van der Waals surface area contributed by atoms with Crippen molar-refractivity contribution in [1.29, 1.82) is 0 Å². The van der Waals surface area contributed by atoms with Gasteiger partial charge in [-0.05, 0) is 6.92 Å². The molecule has 0 saturated carbocycles. The Balaban J connectivity index is 2.95. The quantitative estimate of drug-likeness (QED) is 0.401. The molecule has 1 saturated heterocycles. The highest BCUT2D eigenvalue weighted by Crippen LogP contribution is 2.33. The first-order valence-electron chi connectivity index (χ1n) is 3.80. The molecule has 1 aliphatic heterocycles. The number of hydrogen-bond donors (Lipinski definition) is 4. The minimum absolute atomic E-state index is 0.0952. The summed E-state index contributed by atoms with van der Waals surface area (Å²) in [7, 11) is 0. The summed E-state index contributed by atoms with van der Waals surface area (Å²) in [5.41, 5.74) is -3.63. The van der Waals surface area contributed by atoms with Crippen LogP contribution in [0, 0.1) is 0 Å². The number of carbonyl (C=O) groups excluding carboxylic acids is 1. The van der Waals surface area contributed by atoms with Crippen molar-refractivity contribution in [2.75, 3.05) is 5.75 Å². The Morgan fingerprint density at radius 1 is 1.46 bits per heavy atom. The maximum atomic E-state index is 11.0. The summed E-state index contributed by atoms with van der Waals surface area (Å²) in [6.07, 6.45) is -2.82. The van der Waals surface area contributed by atoms with Crippen LogP contribution in [-0.4, -0.2) is 55.2 Å². The molecular formula is C7H12O5S. The number of ketones is 1. The molecule has 1 rings (SSSR count). The summed E-state index contributed by atoms with van der Waals surface area (Å²) in [5, 5.41) is 37.5. The third-order valence-corrected chi connectivity index (χ3v) is 3.39. The van der Waals surface area contributed by atoms with Crippen molar-refractivity contribution in [3.05, 3.63) is 0 Å². The van der Waals surface area contributed by atoms with Crippen molar-refractivity contribution in [1.82, 2.24) is 0 Å². The van der Waals surface area contributed by atoms with E-state index in [1.54, 1.807) is 0 Å². The molecule has 0 radical (unpaired) electrons. The second-order valence-electron chi connectivity index (χ2n) is 3.08. The van der Waals surface area contributed by atoms with Gasteiger partial charge in [0.2, 0.25) is 0 Å². The van der Waals surface area contributed by atoms with E-state index < -0.39 is 29.0 Å². The van der Waals surface area contributed by atoms with E-state index in [2.05, 4.69) is 0 Å². The first kappa shape index (κ1) is 10.9. The van der Waals surface area contributed by atoms with Crippen LogP contribution in [0.1, 0.15) is 6.92 Å². The van der Waals surface area contributed by atoms with Crippen LogP contribution in [0.3, 0.4) is 0 Å². The second-order valence-corrected chi connectivity index (χ2v) is 4.19. The Hall–Kier alpha value is -0.140. The summed E-state index contributed by atoms with van der Waals surface area (Å²) >= 11 is 0.840. The highest BCUT2D eigenvalue weighted by molar-refractivity contribution is 7.99. The van der Waals surface area contributed by atoms with E-state index in [0.29, 0.717) is 0 Å². The van der Waals surface area contributed by atoms with E-state index >= 15 is 0 Å². The number of aliphatic hydroxyl groups excluding tert-OH is 3. The number of aliphatic hydroxyl groups is 4. The van der Waals surface area contributed by atoms with E-state index in [1.807, 2.05) is 0 Å². The van der Waals surface area contributed by atoms with Gasteiger partial charge in [-0.15, -0.1) is 11.8 Å². The van der Waals surface area contributed by atoms with Crippen LogP contribution >= 0.6 is 11.8 Å². The van der Waals surface area contributed by atoms with Crippen molar-refractivity contribution in [2.45, 2.75) is 30.2 Å². The first-order chi connectivity index (χ1) is 5.90. The SMILES string of the molecule is CC(=O)[C@]1(O)[C@@H](O)SC[C@@H](O)[C@@H]1O. The Kier molecular flexibility index (Phi) is 2.98. The minimum Gasteiger partial charge on any atom is -0.389 e. The van der Waals surface area contributed by atoms with Gasteiger partial charge >= 0.3 is 0 Å². The monoisotopic (exact) mass is 208 g/mol. The highest BCUT2D eigenvalue weighted by atomic mass is 32.2. The molecule has 0 bridgehead atoms. The Bertz CT molecular complexity index is 221. The lowest BCUT2D eigenvalue weighted by molar-refractivity contribution is -0.174. The predicted octanol–water partition coefficient (Wildman–Crippen LogP) is -1.91. The van der Waals surface area contributed by atoms with Crippen LogP contribution in [0.5, 0.6) is 0 Å². The van der Waals surface area contributed by atoms with Crippen LogP contribution in [-0.2, 0) is 4.79 Å². The van der Waals surface area contributed by atoms with Gasteiger partial charge in [0.05, 0.1) is 6.10 Å². The van der Waals surface area contributed by atoms with E-state index in [9.17, 15) is 25.2 Å². The smallest absolute Gasteiger partial charge is 0.186 e. The van der Waals surface area contributed by atoms with Gasteiger partial charge in [0.25, 0.3) is 0 Å². The topological polar surface area (TPSA) is 98.0 Å². The van der Waals surface area contributed by atoms with Crippen molar-refractivity contribution in [3.63, 3.8) is 0 Å². The standard InChI is InChI=1S/C7H12O5S/c1-3(8)7(12)5(10)4(9)2-13-6(7)11/h4-6,9-12H,2H2,1H3/t4-,5+,6+,7-/m1/s1. The summed E-state index contributed by atoms with van der Waals surface area (Å²) in [6.45, 7) is 1.06. The molecule has 0 aromatic heterocycles. The predicted molar refractivity (Wildman–Crippen MR) is 46.1 cm³/mol. The fourth-order valence-electron chi connectivity index (χ4n) is 1.23. The fourth-order valence-corrected chi connectivity index (χ4v) is 2.35. The maximum Gasteiger partial charge on any atom is 0.186 e. The van der Waals surface area contributed by atoms with Crippen LogP contribution < -0.4 is 0 Å². The fraction of sp³-hybridized carbons (Fsp3) is 0.857. The van der Waals surface area contributed by atoms with Crippen molar-refractivity contribution in [3.8, 4) is 0 Å². The molecule has 6 heteroatoms. The zero-order valence-corrected chi connectivity index (χ0v) is 7.86. The van der Waals surface area contributed by atoms with Crippen LogP contribution in [0.15, 0.2) is 0 Å². The molecule has 13 heavy (non-hydrogen) atoms. The number of thioether (sulfide) groups is 1. The van der Waals surface area contributed by atoms with Crippen molar-refractivity contribution < 1.29 is 25.2 Å². The Labute approximate surface area is 79.4 Å². The van der Waals surface area contributed by atoms with Gasteiger partial charge in [-0.3, -0.25) is 4.79 Å². The van der Waals surface area contributed by atoms with Gasteiger partial charge in [0, 0.05) is 5.75 Å². The molecule has 0 unspecified atom stereocenters. The molecule has 4 N–H and O–H groups in total. The second kappa shape index (κ2) is 3.55. The molecule has 0 amide bonds. The Morgan fingerprint density at radius 3 is 2.38 bits per heavy atom. The van der Waals surface area contributed by atoms with Crippen LogP contribution in [0.25, 0.3) is 0 Å². The number of hydrogen-bond acceptors (Lipinski definition) is 6. The van der Waals surface area contributed by atoms with Gasteiger partial charge in [0.1, 0.15) is 11.5 Å². The lowest BCUT2D eigenvalue weighted by Crippen LogP contribution is -2.63. The number of carbonyl (C=O) groups is 1. The molecule has 0 aromatic carbocycles. The zero-order chi connectivity index (χ0) is 10.2. The largest absolute Gasteiger partial charge is 0.389 e. The third kappa shape index (κ3) is 1.60. The van der Waals surface area contributed by atoms with E-state index in [1.165, 1.54) is 0 Å². The van der Waals surface area contributed by atoms with Gasteiger partial charge in [-0.25, -0.2) is 0 Å². The average Bonchev–Trinajstić information content (AvgIpc) is 2.08. The lowest BCUT2D eigenvalue weighted by Gasteiger charge is -2.40. The number of Topliss-reactive ketones (excluding diaryl/α,β-unsaturated/α-hetero) is 1. The van der Waals surface area contributed by atoms with Gasteiger partial charge in [-0.2, -0.15) is 0 Å². The van der Waals surface area contributed by atoms with Gasteiger partial charge in [-0.1, -0.05) is 0 Å². The zero-order valence-electron chi connectivity index (χ0n) is 7.04. The van der Waals surface area contributed by atoms with Crippen LogP contribution in [0.2, 0.25) is 0 Å².